The Labute approximate surface area is 50.6 Å². The fourth-order valence-corrected chi connectivity index (χ4v) is 0. The molecule has 0 aromatic carbocycles. The minimum Gasteiger partial charge on any atom is -0.443 e. The van der Waals surface area contributed by atoms with E-state index in [9.17, 15) is 0 Å². The maximum atomic E-state index is 6.88. The Morgan fingerprint density at radius 3 is 1.60 bits per heavy atom. The smallest absolute Gasteiger partial charge is 0.283 e. The monoisotopic (exact) mass is 156 g/mol. The first-order valence-electron chi connectivity index (χ1n) is 0.447. The van der Waals surface area contributed by atoms with E-state index in [0.29, 0.717) is 0 Å². The molecule has 0 aliphatic heterocycles. The zero-order valence-electron chi connectivity index (χ0n) is 2.09. The van der Waals surface area contributed by atoms with Crippen molar-refractivity contribution >= 4 is 0 Å². The summed E-state index contributed by atoms with van der Waals surface area (Å²) in [7, 11) is 0. The molecule has 0 saturated carbocycles. The summed E-state index contributed by atoms with van der Waals surface area (Å²) in [6.07, 6.45) is 0.750. The molecule has 4 heteroatoms. The van der Waals surface area contributed by atoms with Crippen molar-refractivity contribution in [3.05, 3.63) is 0 Å². The van der Waals surface area contributed by atoms with Crippen LogP contribution in [0.2, 0.25) is 0 Å². The Hall–Kier alpha value is 0.303. The zero-order chi connectivity index (χ0) is 2.71. The normalized spacial score (nSPS) is 1.40. The average Bonchev–Trinajstić information content (AvgIpc) is 0.918. The predicted molar refractivity (Wildman–Crippen MR) is 7.55 cm³/mol. The van der Waals surface area contributed by atoms with Crippen LogP contribution in [-0.4, -0.2) is 5.11 Å². The van der Waals surface area contributed by atoms with Crippen molar-refractivity contribution in [2.75, 3.05) is 0 Å². The van der Waals surface area contributed by atoms with Gasteiger partial charge in [-0.3, -0.25) is 0 Å². The molecule has 0 bridgehead atoms. The first-order chi connectivity index (χ1) is 1.41. The standard InChI is InChI=1S/CHNO.Mn.Ni/c2-1-3;;/h3H;;. The van der Waals surface area contributed by atoms with Gasteiger partial charge in [0.2, 0.25) is 0 Å². The van der Waals surface area contributed by atoms with Crippen LogP contribution in [-0.2, 0) is 33.6 Å². The summed E-state index contributed by atoms with van der Waals surface area (Å²) in [5.74, 6) is 0. The molecule has 0 aliphatic carbocycles. The number of rotatable bonds is 0. The van der Waals surface area contributed by atoms with Crippen LogP contribution in [0.1, 0.15) is 0 Å². The first kappa shape index (κ1) is 18.5. The van der Waals surface area contributed by atoms with E-state index in [1.54, 1.807) is 0 Å². The second-order valence-corrected chi connectivity index (χ2v) is 0.100. The fraction of sp³-hybridized carbons (Fsp3) is 0. The molecule has 0 heterocycles. The van der Waals surface area contributed by atoms with Gasteiger partial charge in [-0.1, -0.05) is 0 Å². The number of hydrogen-bond acceptors (Lipinski definition) is 2. The molecule has 0 aromatic heterocycles. The van der Waals surface area contributed by atoms with Crippen LogP contribution in [0.4, 0.5) is 0 Å². The molecule has 1 N–H and O–H groups in total. The summed E-state index contributed by atoms with van der Waals surface area (Å²) < 4.78 is 0. The van der Waals surface area contributed by atoms with Gasteiger partial charge in [0.1, 0.15) is 0 Å². The Morgan fingerprint density at radius 2 is 1.60 bits per heavy atom. The van der Waals surface area contributed by atoms with E-state index in [-0.39, 0.29) is 33.6 Å². The van der Waals surface area contributed by atoms with Crippen molar-refractivity contribution in [3.63, 3.8) is 0 Å². The van der Waals surface area contributed by atoms with Crippen LogP contribution in [0.15, 0.2) is 0 Å². The molecule has 0 amide bonds. The topological polar surface area (TPSA) is 44.0 Å². The molecular weight excluding hydrogens is 156 g/mol. The molecule has 1 radical (unpaired) electrons. The second-order valence-electron chi connectivity index (χ2n) is 0.100. The van der Waals surface area contributed by atoms with Crippen LogP contribution in [0.5, 0.6) is 0 Å². The molecule has 0 fully saturated rings. The average molecular weight is 157 g/mol. The molecule has 0 aliphatic rings. The van der Waals surface area contributed by atoms with Crippen LogP contribution < -0.4 is 0 Å². The number of nitrogens with zero attached hydrogens (tertiary/aromatic N) is 1. The summed E-state index contributed by atoms with van der Waals surface area (Å²) in [5.41, 5.74) is 0. The van der Waals surface area contributed by atoms with Gasteiger partial charge in [-0.05, 0) is 0 Å². The SMILES string of the molecule is N#CO.[Mn].[Ni]. The molecule has 5 heavy (non-hydrogen) atoms. The van der Waals surface area contributed by atoms with Crippen LogP contribution >= 0.6 is 0 Å². The Kier molecular flexibility index (Phi) is 102. The van der Waals surface area contributed by atoms with Crippen molar-refractivity contribution in [1.82, 2.24) is 0 Å². The van der Waals surface area contributed by atoms with Crippen LogP contribution in [0.25, 0.3) is 0 Å². The number of aliphatic hydroxyl groups excluding tert-OH is 1. The van der Waals surface area contributed by atoms with E-state index in [4.69, 9.17) is 10.4 Å². The van der Waals surface area contributed by atoms with Gasteiger partial charge in [0.05, 0.1) is 0 Å². The maximum Gasteiger partial charge on any atom is 0.283 e. The van der Waals surface area contributed by atoms with Gasteiger partial charge >= 0.3 is 0 Å². The summed E-state index contributed by atoms with van der Waals surface area (Å²) in [6, 6.07) is 0. The van der Waals surface area contributed by atoms with Crippen molar-refractivity contribution < 1.29 is 38.7 Å². The van der Waals surface area contributed by atoms with Gasteiger partial charge in [-0.2, -0.15) is 5.26 Å². The quantitative estimate of drug-likeness (QED) is 0.391. The van der Waals surface area contributed by atoms with E-state index >= 15 is 0 Å². The molecule has 0 unspecified atom stereocenters. The van der Waals surface area contributed by atoms with E-state index in [0.717, 1.165) is 6.26 Å². The van der Waals surface area contributed by atoms with Crippen LogP contribution in [0, 0.1) is 11.5 Å². The van der Waals surface area contributed by atoms with Gasteiger partial charge in [0.15, 0.2) is 0 Å². The van der Waals surface area contributed by atoms with Crippen LogP contribution in [0.3, 0.4) is 0 Å². The largest absolute Gasteiger partial charge is 0.443 e. The van der Waals surface area contributed by atoms with Crippen molar-refractivity contribution in [2.45, 2.75) is 0 Å². The van der Waals surface area contributed by atoms with E-state index < -0.39 is 0 Å². The Morgan fingerprint density at radius 1 is 1.60 bits per heavy atom. The molecular formula is CHMnNNiO. The molecule has 2 nitrogen and oxygen atoms in total. The minimum atomic E-state index is 0. The predicted octanol–water partition coefficient (Wildman–Crippen LogP) is -0.165. The third-order valence-electron chi connectivity index (χ3n) is 0. The number of aliphatic hydroxyl groups is 1. The molecule has 33 valence electrons. The maximum absolute atomic E-state index is 6.88. The fourth-order valence-electron chi connectivity index (χ4n) is 0. The van der Waals surface area contributed by atoms with Gasteiger partial charge in [-0.25, -0.2) is 0 Å². The zero-order valence-corrected chi connectivity index (χ0v) is 4.26. The summed E-state index contributed by atoms with van der Waals surface area (Å²) in [4.78, 5) is 0. The Bertz CT molecular complexity index is 33.1. The van der Waals surface area contributed by atoms with Gasteiger partial charge < -0.3 is 5.11 Å². The third-order valence-corrected chi connectivity index (χ3v) is 0. The van der Waals surface area contributed by atoms with E-state index in [2.05, 4.69) is 0 Å². The Balaban J connectivity index is -0.0000000200. The molecule has 0 atom stereocenters. The second kappa shape index (κ2) is 27.7. The summed E-state index contributed by atoms with van der Waals surface area (Å²) >= 11 is 0. The first-order valence-corrected chi connectivity index (χ1v) is 0.447. The molecule has 0 rings (SSSR count). The number of nitriles is 1. The minimum absolute atomic E-state index is 0. The molecule has 0 spiro atoms. The van der Waals surface area contributed by atoms with Crippen molar-refractivity contribution in [3.8, 4) is 6.26 Å². The summed E-state index contributed by atoms with van der Waals surface area (Å²) in [6.45, 7) is 0. The third kappa shape index (κ3) is 249. The molecule has 0 saturated heterocycles. The van der Waals surface area contributed by atoms with Crippen molar-refractivity contribution in [2.24, 2.45) is 0 Å². The van der Waals surface area contributed by atoms with Gasteiger partial charge in [0.25, 0.3) is 6.26 Å². The van der Waals surface area contributed by atoms with E-state index in [1.165, 1.54) is 0 Å². The van der Waals surface area contributed by atoms with Crippen molar-refractivity contribution in [1.29, 1.82) is 5.26 Å². The molecule has 0 aromatic rings. The number of hydrogen-bond donors (Lipinski definition) is 1. The van der Waals surface area contributed by atoms with Gasteiger partial charge in [0, 0.05) is 33.6 Å². The summed E-state index contributed by atoms with van der Waals surface area (Å²) in [5, 5.41) is 13.8. The van der Waals surface area contributed by atoms with E-state index in [1.807, 2.05) is 0 Å². The van der Waals surface area contributed by atoms with Gasteiger partial charge in [-0.15, -0.1) is 0 Å².